The lowest BCUT2D eigenvalue weighted by atomic mass is 10.1. The second-order valence-corrected chi connectivity index (χ2v) is 3.32. The van der Waals surface area contributed by atoms with Crippen molar-refractivity contribution in [3.05, 3.63) is 22.3 Å². The maximum Gasteiger partial charge on any atom is 0.159 e. The van der Waals surface area contributed by atoms with Crippen LogP contribution in [0.25, 0.3) is 0 Å². The van der Waals surface area contributed by atoms with Gasteiger partial charge in [0.15, 0.2) is 5.84 Å². The van der Waals surface area contributed by atoms with E-state index in [9.17, 15) is 0 Å². The van der Waals surface area contributed by atoms with Crippen molar-refractivity contribution in [1.29, 1.82) is 0 Å². The van der Waals surface area contributed by atoms with E-state index in [-0.39, 0.29) is 6.10 Å². The lowest BCUT2D eigenvalue weighted by molar-refractivity contribution is 0.172. The number of aliphatic imine (C=N–C) groups is 2. The Morgan fingerprint density at radius 2 is 2.42 bits per heavy atom. The molecule has 0 fully saturated rings. The van der Waals surface area contributed by atoms with E-state index in [0.29, 0.717) is 0 Å². The first-order valence-corrected chi connectivity index (χ1v) is 4.33. The van der Waals surface area contributed by atoms with Gasteiger partial charge in [-0.15, -0.1) is 0 Å². The van der Waals surface area contributed by atoms with Crippen molar-refractivity contribution in [2.45, 2.75) is 6.10 Å². The zero-order valence-electron chi connectivity index (χ0n) is 6.49. The smallest absolute Gasteiger partial charge is 0.159 e. The van der Waals surface area contributed by atoms with Crippen molar-refractivity contribution < 1.29 is 4.74 Å². The number of fused-ring (bicyclic) bond motifs is 1. The molecule has 62 valence electrons. The monoisotopic (exact) mass is 226 g/mol. The van der Waals surface area contributed by atoms with Crippen molar-refractivity contribution in [1.82, 2.24) is 0 Å². The summed E-state index contributed by atoms with van der Waals surface area (Å²) >= 11 is 3.40. The van der Waals surface area contributed by atoms with Crippen LogP contribution >= 0.6 is 15.9 Å². The van der Waals surface area contributed by atoms with Crippen LogP contribution in [0.4, 0.5) is 0 Å². The average molecular weight is 227 g/mol. The normalized spacial score (nSPS) is 26.2. The Hall–Kier alpha value is -0.740. The Morgan fingerprint density at radius 3 is 3.17 bits per heavy atom. The molecule has 4 heteroatoms. The summed E-state index contributed by atoms with van der Waals surface area (Å²) in [6, 6.07) is 0. The molecular weight excluding hydrogens is 220 g/mol. The fraction of sp³-hybridized carbons (Fsp3) is 0.250. The highest BCUT2D eigenvalue weighted by Crippen LogP contribution is 2.26. The Balaban J connectivity index is 2.43. The Bertz CT molecular complexity index is 328. The van der Waals surface area contributed by atoms with Crippen molar-refractivity contribution >= 4 is 28.0 Å². The van der Waals surface area contributed by atoms with Gasteiger partial charge in [-0.05, 0) is 22.0 Å². The molecule has 0 bridgehead atoms. The molecule has 2 aliphatic heterocycles. The standard InChI is InChI=1S/C8H7BrN2O/c1-12-6-2-3-10-8-7(6)5(9)4-11-8/h2-4,6H,1H3/t6-/m1/s1. The van der Waals surface area contributed by atoms with Crippen molar-refractivity contribution in [3.8, 4) is 0 Å². The van der Waals surface area contributed by atoms with E-state index in [0.717, 1.165) is 15.9 Å². The van der Waals surface area contributed by atoms with Gasteiger partial charge in [0.1, 0.15) is 6.10 Å². The van der Waals surface area contributed by atoms with Gasteiger partial charge in [-0.1, -0.05) is 0 Å². The molecule has 0 saturated carbocycles. The number of nitrogens with zero attached hydrogens (tertiary/aromatic N) is 2. The lowest BCUT2D eigenvalue weighted by Gasteiger charge is -2.15. The molecule has 0 unspecified atom stereocenters. The van der Waals surface area contributed by atoms with E-state index in [1.807, 2.05) is 6.08 Å². The van der Waals surface area contributed by atoms with Crippen LogP contribution in [0.3, 0.4) is 0 Å². The number of amidine groups is 1. The fourth-order valence-corrected chi connectivity index (χ4v) is 1.72. The van der Waals surface area contributed by atoms with Gasteiger partial charge in [0, 0.05) is 29.6 Å². The van der Waals surface area contributed by atoms with Gasteiger partial charge in [0.25, 0.3) is 0 Å². The number of rotatable bonds is 1. The van der Waals surface area contributed by atoms with Gasteiger partial charge in [-0.3, -0.25) is 0 Å². The third-order valence-corrected chi connectivity index (χ3v) is 2.43. The van der Waals surface area contributed by atoms with Crippen LogP contribution in [0.5, 0.6) is 0 Å². The third kappa shape index (κ3) is 1.07. The van der Waals surface area contributed by atoms with Crippen LogP contribution in [-0.2, 0) is 4.74 Å². The minimum Gasteiger partial charge on any atom is -0.372 e. The van der Waals surface area contributed by atoms with Gasteiger partial charge < -0.3 is 4.74 Å². The first-order valence-electron chi connectivity index (χ1n) is 3.54. The van der Waals surface area contributed by atoms with Gasteiger partial charge in [-0.2, -0.15) is 0 Å². The summed E-state index contributed by atoms with van der Waals surface area (Å²) in [7, 11) is 1.67. The number of halogens is 1. The molecule has 0 amide bonds. The van der Waals surface area contributed by atoms with Crippen molar-refractivity contribution in [2.75, 3.05) is 7.11 Å². The molecule has 0 N–H and O–H groups in total. The molecule has 0 aliphatic carbocycles. The predicted molar refractivity (Wildman–Crippen MR) is 51.8 cm³/mol. The minimum atomic E-state index is -0.0191. The summed E-state index contributed by atoms with van der Waals surface area (Å²) in [6.45, 7) is 0. The van der Waals surface area contributed by atoms with Crippen LogP contribution in [-0.4, -0.2) is 25.3 Å². The molecule has 0 saturated heterocycles. The van der Waals surface area contributed by atoms with Crippen molar-refractivity contribution in [2.24, 2.45) is 9.98 Å². The second kappa shape index (κ2) is 2.95. The number of ether oxygens (including phenoxy) is 1. The molecule has 0 aromatic rings. The highest BCUT2D eigenvalue weighted by atomic mass is 79.9. The molecule has 2 heterocycles. The number of allylic oxidation sites excluding steroid dienone is 1. The number of hydrogen-bond donors (Lipinski definition) is 0. The Labute approximate surface area is 78.7 Å². The SMILES string of the molecule is CO[C@@H]1C=CN=C2N=CC(Br)=C21. The van der Waals surface area contributed by atoms with Crippen LogP contribution in [0.2, 0.25) is 0 Å². The van der Waals surface area contributed by atoms with Crippen LogP contribution in [0, 0.1) is 0 Å². The summed E-state index contributed by atoms with van der Waals surface area (Å²) < 4.78 is 6.20. The first-order chi connectivity index (χ1) is 5.83. The fourth-order valence-electron chi connectivity index (χ4n) is 1.21. The van der Waals surface area contributed by atoms with Gasteiger partial charge in [-0.25, -0.2) is 9.98 Å². The van der Waals surface area contributed by atoms with Crippen molar-refractivity contribution in [3.63, 3.8) is 0 Å². The number of methoxy groups -OCH3 is 1. The zero-order valence-corrected chi connectivity index (χ0v) is 8.08. The molecule has 12 heavy (non-hydrogen) atoms. The van der Waals surface area contributed by atoms with Crippen LogP contribution in [0.15, 0.2) is 32.3 Å². The van der Waals surface area contributed by atoms with Gasteiger partial charge in [0.2, 0.25) is 0 Å². The summed E-state index contributed by atoms with van der Waals surface area (Å²) in [4.78, 5) is 8.22. The van der Waals surface area contributed by atoms with E-state index in [1.165, 1.54) is 0 Å². The van der Waals surface area contributed by atoms with Crippen LogP contribution in [0.1, 0.15) is 0 Å². The Kier molecular flexibility index (Phi) is 1.94. The van der Waals surface area contributed by atoms with E-state index >= 15 is 0 Å². The van der Waals surface area contributed by atoms with Gasteiger partial charge >= 0.3 is 0 Å². The highest BCUT2D eigenvalue weighted by molar-refractivity contribution is 9.12. The summed E-state index contributed by atoms with van der Waals surface area (Å²) in [5, 5.41) is 0. The maximum atomic E-state index is 5.24. The molecule has 0 aromatic heterocycles. The predicted octanol–water partition coefficient (Wildman–Crippen LogP) is 1.66. The lowest BCUT2D eigenvalue weighted by Crippen LogP contribution is -2.18. The topological polar surface area (TPSA) is 34.0 Å². The minimum absolute atomic E-state index is 0.0191. The molecular formula is C8H7BrN2O. The van der Waals surface area contributed by atoms with Gasteiger partial charge in [0.05, 0.1) is 0 Å². The summed E-state index contributed by atoms with van der Waals surface area (Å²) in [5.74, 6) is 0.747. The Morgan fingerprint density at radius 1 is 1.58 bits per heavy atom. The molecule has 0 spiro atoms. The van der Waals surface area contributed by atoms with E-state index < -0.39 is 0 Å². The third-order valence-electron chi connectivity index (χ3n) is 1.79. The molecule has 1 atom stereocenters. The largest absolute Gasteiger partial charge is 0.372 e. The molecule has 3 nitrogen and oxygen atoms in total. The number of hydrogen-bond acceptors (Lipinski definition) is 3. The van der Waals surface area contributed by atoms with Crippen LogP contribution < -0.4 is 0 Å². The zero-order chi connectivity index (χ0) is 8.55. The van der Waals surface area contributed by atoms with E-state index in [1.54, 1.807) is 19.5 Å². The second-order valence-electron chi connectivity index (χ2n) is 2.47. The molecule has 0 radical (unpaired) electrons. The molecule has 2 aliphatic rings. The summed E-state index contributed by atoms with van der Waals surface area (Å²) in [6.07, 6.45) is 5.34. The molecule has 0 aromatic carbocycles. The quantitative estimate of drug-likeness (QED) is 0.670. The highest BCUT2D eigenvalue weighted by Gasteiger charge is 2.24. The summed E-state index contributed by atoms with van der Waals surface area (Å²) in [5.41, 5.74) is 1.01. The first kappa shape index (κ1) is 7.89. The molecule has 2 rings (SSSR count). The van der Waals surface area contributed by atoms with E-state index in [4.69, 9.17) is 4.74 Å². The maximum absolute atomic E-state index is 5.24. The van der Waals surface area contributed by atoms with E-state index in [2.05, 4.69) is 25.9 Å². The average Bonchev–Trinajstić information content (AvgIpc) is 2.48.